The molecule has 0 nitrogen and oxygen atoms in total. The first-order valence-electron chi connectivity index (χ1n) is 4.43. The lowest BCUT2D eigenvalue weighted by atomic mass is 10.3. The predicted octanol–water partition coefficient (Wildman–Crippen LogP) is 2.81. The smallest absolute Gasteiger partial charge is 0.0367 e. The molecule has 0 atom stereocenters. The van der Waals surface area contributed by atoms with Crippen LogP contribution in [-0.4, -0.2) is 8.80 Å². The number of hydrogen-bond acceptors (Lipinski definition) is 0. The molecular formula is C8H18Si. The van der Waals surface area contributed by atoms with Crippen molar-refractivity contribution in [3.63, 3.8) is 0 Å². The Morgan fingerprint density at radius 1 is 1.22 bits per heavy atom. The fourth-order valence-corrected chi connectivity index (χ4v) is 3.89. The van der Waals surface area contributed by atoms with E-state index in [4.69, 9.17) is 0 Å². The van der Waals surface area contributed by atoms with E-state index in [0.29, 0.717) is 0 Å². The van der Waals surface area contributed by atoms with Crippen LogP contribution in [0.25, 0.3) is 0 Å². The van der Waals surface area contributed by atoms with Crippen LogP contribution in [0, 0.1) is 0 Å². The maximum atomic E-state index is 2.29. The van der Waals surface area contributed by atoms with E-state index in [2.05, 4.69) is 6.92 Å². The molecule has 0 saturated carbocycles. The SMILES string of the molecule is CCCCC[SiH]1CCC1. The van der Waals surface area contributed by atoms with Gasteiger partial charge in [-0.25, -0.2) is 0 Å². The first-order valence-corrected chi connectivity index (χ1v) is 6.88. The van der Waals surface area contributed by atoms with Crippen LogP contribution in [0.2, 0.25) is 18.1 Å². The molecule has 1 saturated heterocycles. The first kappa shape index (κ1) is 7.33. The van der Waals surface area contributed by atoms with Gasteiger partial charge in [0, 0.05) is 8.80 Å². The van der Waals surface area contributed by atoms with Gasteiger partial charge in [-0.1, -0.05) is 50.7 Å². The van der Waals surface area contributed by atoms with E-state index in [1.807, 2.05) is 0 Å². The van der Waals surface area contributed by atoms with E-state index >= 15 is 0 Å². The van der Waals surface area contributed by atoms with Crippen molar-refractivity contribution in [1.29, 1.82) is 0 Å². The molecule has 0 aliphatic carbocycles. The quantitative estimate of drug-likeness (QED) is 0.418. The summed E-state index contributed by atoms with van der Waals surface area (Å²) < 4.78 is 0. The third-order valence-corrected chi connectivity index (χ3v) is 6.11. The van der Waals surface area contributed by atoms with Crippen molar-refractivity contribution < 1.29 is 0 Å². The Bertz CT molecular complexity index is 67.0. The molecule has 0 spiro atoms. The Labute approximate surface area is 60.3 Å². The van der Waals surface area contributed by atoms with Gasteiger partial charge in [0.25, 0.3) is 0 Å². The Morgan fingerprint density at radius 3 is 2.44 bits per heavy atom. The zero-order chi connectivity index (χ0) is 6.53. The monoisotopic (exact) mass is 142 g/mol. The zero-order valence-corrected chi connectivity index (χ0v) is 7.68. The van der Waals surface area contributed by atoms with Gasteiger partial charge in [0.05, 0.1) is 0 Å². The normalized spacial score (nSPS) is 19.7. The molecular weight excluding hydrogens is 124 g/mol. The largest absolute Gasteiger partial charge is 0.0654 e. The maximum absolute atomic E-state index is 2.29. The van der Waals surface area contributed by atoms with Crippen molar-refractivity contribution in [2.24, 2.45) is 0 Å². The van der Waals surface area contributed by atoms with Gasteiger partial charge >= 0.3 is 0 Å². The molecule has 0 N–H and O–H groups in total. The molecule has 54 valence electrons. The lowest BCUT2D eigenvalue weighted by Gasteiger charge is -2.23. The fraction of sp³-hybridized carbons (Fsp3) is 1.00. The van der Waals surface area contributed by atoms with Crippen LogP contribution in [0.1, 0.15) is 32.6 Å². The molecule has 0 unspecified atom stereocenters. The van der Waals surface area contributed by atoms with E-state index in [9.17, 15) is 0 Å². The van der Waals surface area contributed by atoms with Crippen molar-refractivity contribution in [2.75, 3.05) is 0 Å². The Balaban J connectivity index is 1.80. The van der Waals surface area contributed by atoms with Crippen molar-refractivity contribution in [1.82, 2.24) is 0 Å². The highest BCUT2D eigenvalue weighted by atomic mass is 28.3. The highest BCUT2D eigenvalue weighted by molar-refractivity contribution is 6.61. The lowest BCUT2D eigenvalue weighted by Crippen LogP contribution is -2.20. The summed E-state index contributed by atoms with van der Waals surface area (Å²) >= 11 is 0. The van der Waals surface area contributed by atoms with Gasteiger partial charge in [0.1, 0.15) is 0 Å². The number of hydrogen-bond donors (Lipinski definition) is 0. The third kappa shape index (κ3) is 2.52. The van der Waals surface area contributed by atoms with Crippen LogP contribution in [0.5, 0.6) is 0 Å². The summed E-state index contributed by atoms with van der Waals surface area (Å²) in [5.41, 5.74) is 0. The summed E-state index contributed by atoms with van der Waals surface area (Å²) in [4.78, 5) is 0. The maximum Gasteiger partial charge on any atom is 0.0367 e. The summed E-state index contributed by atoms with van der Waals surface area (Å²) in [6.07, 6.45) is 6.01. The van der Waals surface area contributed by atoms with Crippen LogP contribution >= 0.6 is 0 Å². The molecule has 0 aromatic heterocycles. The molecule has 1 fully saturated rings. The highest BCUT2D eigenvalue weighted by Gasteiger charge is 2.17. The standard InChI is InChI=1S/C8H18Si/c1-2-3-4-6-9-7-5-8-9/h9H,2-8H2,1H3. The molecule has 0 aromatic rings. The van der Waals surface area contributed by atoms with E-state index in [1.165, 1.54) is 12.8 Å². The van der Waals surface area contributed by atoms with Gasteiger partial charge in [0.15, 0.2) is 0 Å². The molecule has 1 rings (SSSR count). The Kier molecular flexibility index (Phi) is 3.34. The van der Waals surface area contributed by atoms with Gasteiger partial charge in [-0.3, -0.25) is 0 Å². The minimum atomic E-state index is -0.0324. The van der Waals surface area contributed by atoms with Gasteiger partial charge in [-0.2, -0.15) is 0 Å². The Morgan fingerprint density at radius 2 is 2.00 bits per heavy atom. The second-order valence-electron chi connectivity index (χ2n) is 3.29. The van der Waals surface area contributed by atoms with E-state index in [-0.39, 0.29) is 8.80 Å². The van der Waals surface area contributed by atoms with E-state index in [1.54, 1.807) is 31.0 Å². The van der Waals surface area contributed by atoms with Gasteiger partial charge in [-0.05, 0) is 0 Å². The average Bonchev–Trinajstić information content (AvgIpc) is 1.76. The zero-order valence-electron chi connectivity index (χ0n) is 6.53. The van der Waals surface area contributed by atoms with Gasteiger partial charge < -0.3 is 0 Å². The van der Waals surface area contributed by atoms with Gasteiger partial charge in [-0.15, -0.1) is 0 Å². The number of unbranched alkanes of at least 4 members (excludes halogenated alkanes) is 2. The Hall–Kier alpha value is 0.217. The van der Waals surface area contributed by atoms with Gasteiger partial charge in [0.2, 0.25) is 0 Å². The minimum Gasteiger partial charge on any atom is -0.0654 e. The van der Waals surface area contributed by atoms with Crippen molar-refractivity contribution in [3.8, 4) is 0 Å². The molecule has 0 amide bonds. The second kappa shape index (κ2) is 4.10. The minimum absolute atomic E-state index is 0.0324. The van der Waals surface area contributed by atoms with Crippen LogP contribution in [0.15, 0.2) is 0 Å². The van der Waals surface area contributed by atoms with E-state index in [0.717, 1.165) is 0 Å². The van der Waals surface area contributed by atoms with Crippen LogP contribution in [0.3, 0.4) is 0 Å². The summed E-state index contributed by atoms with van der Waals surface area (Å²) in [5, 5.41) is 0. The molecule has 0 radical (unpaired) electrons. The molecule has 1 aliphatic heterocycles. The van der Waals surface area contributed by atoms with Crippen LogP contribution in [-0.2, 0) is 0 Å². The first-order chi connectivity index (χ1) is 4.43. The van der Waals surface area contributed by atoms with Crippen molar-refractivity contribution in [2.45, 2.75) is 50.7 Å². The number of rotatable bonds is 4. The molecule has 0 bridgehead atoms. The van der Waals surface area contributed by atoms with E-state index < -0.39 is 0 Å². The molecule has 0 aromatic carbocycles. The molecule has 9 heavy (non-hydrogen) atoms. The van der Waals surface area contributed by atoms with Crippen LogP contribution < -0.4 is 0 Å². The molecule has 1 heterocycles. The summed E-state index contributed by atoms with van der Waals surface area (Å²) in [6.45, 7) is 2.29. The third-order valence-electron chi connectivity index (χ3n) is 2.44. The summed E-state index contributed by atoms with van der Waals surface area (Å²) in [7, 11) is -0.0324. The van der Waals surface area contributed by atoms with Crippen LogP contribution in [0.4, 0.5) is 0 Å². The topological polar surface area (TPSA) is 0 Å². The lowest BCUT2D eigenvalue weighted by molar-refractivity contribution is 0.752. The van der Waals surface area contributed by atoms with Crippen molar-refractivity contribution in [3.05, 3.63) is 0 Å². The summed E-state index contributed by atoms with van der Waals surface area (Å²) in [5.74, 6) is 0. The second-order valence-corrected chi connectivity index (χ2v) is 6.76. The molecule has 1 heteroatoms. The average molecular weight is 142 g/mol. The van der Waals surface area contributed by atoms with Crippen molar-refractivity contribution >= 4 is 8.80 Å². The predicted molar refractivity (Wildman–Crippen MR) is 45.7 cm³/mol. The highest BCUT2D eigenvalue weighted by Crippen LogP contribution is 2.24. The fourth-order valence-electron chi connectivity index (χ4n) is 1.46. The summed E-state index contributed by atoms with van der Waals surface area (Å²) in [6, 6.07) is 5.00. The molecule has 1 aliphatic rings.